The Labute approximate surface area is 151 Å². The van der Waals surface area contributed by atoms with Crippen LogP contribution in [0.15, 0.2) is 12.1 Å². The molecular formula is C18H22BrNO4. The summed E-state index contributed by atoms with van der Waals surface area (Å²) in [6.45, 7) is 0.914. The van der Waals surface area contributed by atoms with Gasteiger partial charge in [0, 0.05) is 25.1 Å². The van der Waals surface area contributed by atoms with Crippen molar-refractivity contribution >= 4 is 22.8 Å². The van der Waals surface area contributed by atoms with Crippen LogP contribution in [-0.2, 0) is 21.4 Å². The van der Waals surface area contributed by atoms with Crippen LogP contribution in [0.3, 0.4) is 0 Å². The van der Waals surface area contributed by atoms with Crippen LogP contribution in [0.4, 0.5) is 0 Å². The second kappa shape index (κ2) is 4.96. The predicted octanol–water partition coefficient (Wildman–Crippen LogP) is 1.98. The van der Waals surface area contributed by atoms with Gasteiger partial charge in [-0.05, 0) is 44.5 Å². The Kier molecular flexibility index (Phi) is 3.38. The van der Waals surface area contributed by atoms with E-state index in [2.05, 4.69) is 11.9 Å². The number of aromatic hydroxyl groups is 1. The Hall–Kier alpha value is -1.11. The zero-order chi connectivity index (χ0) is 16.0. The van der Waals surface area contributed by atoms with E-state index in [0.717, 1.165) is 31.4 Å². The maximum Gasteiger partial charge on any atom is 0.174 e. The molecule has 130 valence electrons. The molecule has 1 aromatic carbocycles. The Morgan fingerprint density at radius 2 is 2.17 bits per heavy atom. The molecule has 0 radical (unpaired) electrons. The minimum atomic E-state index is -0.519. The van der Waals surface area contributed by atoms with Crippen LogP contribution in [0.25, 0.3) is 0 Å². The fourth-order valence-electron chi connectivity index (χ4n) is 5.92. The Morgan fingerprint density at radius 1 is 1.38 bits per heavy atom. The summed E-state index contributed by atoms with van der Waals surface area (Å²) >= 11 is 0. The standard InChI is InChI=1S/C18H21NO4.BrH/c1-19-8-7-17-14-10-3-4-11(20)15(14)23-16(17)12(21)5-6-18(17,22-2)13(19)9-10;/h3-4,13,16,20H,5-9H2,1-2H3;1H/t13-,16+,17+,18-;/m1./s1. The number of ether oxygens (including phenoxy) is 2. The largest absolute Gasteiger partial charge is 0.504 e. The number of hydrogen-bond donors (Lipinski definition) is 1. The van der Waals surface area contributed by atoms with Crippen LogP contribution in [0.2, 0.25) is 0 Å². The quantitative estimate of drug-likeness (QED) is 0.787. The molecule has 4 atom stereocenters. The van der Waals surface area contributed by atoms with E-state index in [-0.39, 0.29) is 34.6 Å². The number of carbonyl (C=O) groups is 1. The molecule has 6 heteroatoms. The van der Waals surface area contributed by atoms with Crippen molar-refractivity contribution in [2.24, 2.45) is 0 Å². The van der Waals surface area contributed by atoms with Gasteiger partial charge in [-0.1, -0.05) is 6.07 Å². The van der Waals surface area contributed by atoms with E-state index in [0.29, 0.717) is 12.2 Å². The lowest BCUT2D eigenvalue weighted by atomic mass is 9.49. The van der Waals surface area contributed by atoms with Crippen molar-refractivity contribution in [3.05, 3.63) is 23.3 Å². The highest BCUT2D eigenvalue weighted by Gasteiger charge is 2.73. The molecule has 2 bridgehead atoms. The molecule has 5 nitrogen and oxygen atoms in total. The van der Waals surface area contributed by atoms with E-state index in [1.54, 1.807) is 13.2 Å². The number of piperidine rings is 1. The Bertz CT molecular complexity index is 738. The first kappa shape index (κ1) is 16.4. The fourth-order valence-corrected chi connectivity index (χ4v) is 5.92. The van der Waals surface area contributed by atoms with Gasteiger partial charge in [0.05, 0.1) is 11.0 Å². The molecule has 5 rings (SSSR count). The zero-order valence-electron chi connectivity index (χ0n) is 13.9. The van der Waals surface area contributed by atoms with Gasteiger partial charge in [-0.3, -0.25) is 4.79 Å². The maximum absolute atomic E-state index is 12.7. The number of rotatable bonds is 1. The van der Waals surface area contributed by atoms with Crippen LogP contribution in [0, 0.1) is 0 Å². The number of carbonyl (C=O) groups excluding carboxylic acids is 1. The van der Waals surface area contributed by atoms with Gasteiger partial charge in [-0.25, -0.2) is 0 Å². The summed E-state index contributed by atoms with van der Waals surface area (Å²) in [4.78, 5) is 15.1. The second-order valence-corrected chi connectivity index (χ2v) is 7.43. The van der Waals surface area contributed by atoms with E-state index >= 15 is 0 Å². The molecule has 2 fully saturated rings. The number of methoxy groups -OCH3 is 1. The van der Waals surface area contributed by atoms with Gasteiger partial charge >= 0.3 is 0 Å². The maximum atomic E-state index is 12.7. The average Bonchev–Trinajstić information content (AvgIpc) is 2.91. The third-order valence-corrected chi connectivity index (χ3v) is 6.85. The minimum absolute atomic E-state index is 0. The second-order valence-electron chi connectivity index (χ2n) is 7.43. The first-order valence-corrected chi connectivity index (χ1v) is 8.35. The summed E-state index contributed by atoms with van der Waals surface area (Å²) < 4.78 is 12.3. The van der Waals surface area contributed by atoms with Crippen molar-refractivity contribution in [3.63, 3.8) is 0 Å². The highest BCUT2D eigenvalue weighted by Crippen LogP contribution is 2.65. The molecule has 4 aliphatic rings. The van der Waals surface area contributed by atoms with Crippen molar-refractivity contribution in [3.8, 4) is 11.5 Å². The molecule has 0 unspecified atom stereocenters. The highest BCUT2D eigenvalue weighted by molar-refractivity contribution is 8.93. The first-order chi connectivity index (χ1) is 11.0. The number of likely N-dealkylation sites (N-methyl/N-ethyl adjacent to an activating group) is 1. The van der Waals surface area contributed by atoms with Crippen molar-refractivity contribution in [1.29, 1.82) is 0 Å². The normalized spacial score (nSPS) is 39.0. The summed E-state index contributed by atoms with van der Waals surface area (Å²) in [5.41, 5.74) is 1.38. The molecule has 24 heavy (non-hydrogen) atoms. The topological polar surface area (TPSA) is 59.0 Å². The molecule has 1 spiro atoms. The third kappa shape index (κ3) is 1.51. The number of hydrogen-bond acceptors (Lipinski definition) is 5. The Morgan fingerprint density at radius 3 is 2.92 bits per heavy atom. The van der Waals surface area contributed by atoms with Crippen LogP contribution >= 0.6 is 17.0 Å². The summed E-state index contributed by atoms with van der Waals surface area (Å²) in [6, 6.07) is 3.93. The van der Waals surface area contributed by atoms with Gasteiger partial charge in [0.25, 0.3) is 0 Å². The molecule has 2 heterocycles. The van der Waals surface area contributed by atoms with Crippen molar-refractivity contribution in [2.75, 3.05) is 20.7 Å². The van der Waals surface area contributed by atoms with E-state index in [9.17, 15) is 9.90 Å². The average molecular weight is 396 g/mol. The number of likely N-dealkylation sites (tertiary alicyclic amines) is 1. The van der Waals surface area contributed by atoms with E-state index in [4.69, 9.17) is 9.47 Å². The van der Waals surface area contributed by atoms with Gasteiger partial charge in [0.2, 0.25) is 0 Å². The SMILES string of the molecule is Br.CO[C@@]12CCC(=O)[C@@H]3Oc4c(O)ccc5c4[C@@]31CCN(C)[C@@H]2C5. The number of benzene rings is 1. The van der Waals surface area contributed by atoms with E-state index in [1.807, 2.05) is 6.07 Å². The smallest absolute Gasteiger partial charge is 0.174 e. The molecular weight excluding hydrogens is 374 g/mol. The lowest BCUT2D eigenvalue weighted by Gasteiger charge is -2.63. The molecule has 1 N–H and O–H groups in total. The fraction of sp³-hybridized carbons (Fsp3) is 0.611. The van der Waals surface area contributed by atoms with E-state index < -0.39 is 17.1 Å². The van der Waals surface area contributed by atoms with Crippen LogP contribution in [0.1, 0.15) is 30.4 Å². The lowest BCUT2D eigenvalue weighted by molar-refractivity contribution is -0.198. The highest BCUT2D eigenvalue weighted by atomic mass is 79.9. The van der Waals surface area contributed by atoms with Crippen molar-refractivity contribution in [2.45, 2.75) is 48.8 Å². The molecule has 2 aliphatic heterocycles. The van der Waals surface area contributed by atoms with Crippen LogP contribution in [-0.4, -0.2) is 54.2 Å². The molecule has 0 aromatic heterocycles. The van der Waals surface area contributed by atoms with Crippen molar-refractivity contribution in [1.82, 2.24) is 4.90 Å². The third-order valence-electron chi connectivity index (χ3n) is 6.85. The predicted molar refractivity (Wildman–Crippen MR) is 93.2 cm³/mol. The number of phenolic OH excluding ortho intramolecular Hbond substituents is 1. The molecule has 1 saturated carbocycles. The monoisotopic (exact) mass is 395 g/mol. The van der Waals surface area contributed by atoms with Gasteiger partial charge in [0.15, 0.2) is 23.4 Å². The van der Waals surface area contributed by atoms with Gasteiger partial charge in [-0.2, -0.15) is 0 Å². The summed E-state index contributed by atoms with van der Waals surface area (Å²) in [5.74, 6) is 0.805. The lowest BCUT2D eigenvalue weighted by Crippen LogP contribution is -2.76. The molecule has 1 saturated heterocycles. The van der Waals surface area contributed by atoms with Gasteiger partial charge in [-0.15, -0.1) is 17.0 Å². The molecule has 0 amide bonds. The Balaban J connectivity index is 0.00000146. The molecule has 1 aromatic rings. The number of Topliss-reactive ketones (excluding diaryl/α,β-unsaturated/α-hetero) is 1. The zero-order valence-corrected chi connectivity index (χ0v) is 15.6. The van der Waals surface area contributed by atoms with Crippen molar-refractivity contribution < 1.29 is 19.4 Å². The van der Waals surface area contributed by atoms with Crippen LogP contribution < -0.4 is 4.74 Å². The molecule has 2 aliphatic carbocycles. The number of ketones is 1. The van der Waals surface area contributed by atoms with Gasteiger partial charge in [0.1, 0.15) is 0 Å². The number of phenols is 1. The number of halogens is 1. The number of nitrogens with zero attached hydrogens (tertiary/aromatic N) is 1. The summed E-state index contributed by atoms with van der Waals surface area (Å²) in [5, 5.41) is 10.3. The van der Waals surface area contributed by atoms with Crippen LogP contribution in [0.5, 0.6) is 11.5 Å². The summed E-state index contributed by atoms with van der Waals surface area (Å²) in [6.07, 6.45) is 2.39. The first-order valence-electron chi connectivity index (χ1n) is 8.35. The van der Waals surface area contributed by atoms with E-state index in [1.165, 1.54) is 5.56 Å². The minimum Gasteiger partial charge on any atom is -0.504 e. The summed E-state index contributed by atoms with van der Waals surface area (Å²) in [7, 11) is 3.92. The van der Waals surface area contributed by atoms with Gasteiger partial charge < -0.3 is 19.5 Å².